The van der Waals surface area contributed by atoms with Gasteiger partial charge >= 0.3 is 0 Å². The smallest absolute Gasteiger partial charge is 0.282 e. The van der Waals surface area contributed by atoms with Gasteiger partial charge in [-0.15, -0.1) is 0 Å². The number of nitrogens with one attached hydrogen (secondary N) is 1. The third-order valence-electron chi connectivity index (χ3n) is 6.74. The molecule has 1 amide bonds. The van der Waals surface area contributed by atoms with Crippen LogP contribution in [0.25, 0.3) is 33.5 Å². The Morgan fingerprint density at radius 2 is 1.84 bits per heavy atom. The number of fused-ring (bicyclic) bond motifs is 2. The zero-order valence-electron chi connectivity index (χ0n) is 23.2. The largest absolute Gasteiger partial charge is 0.493 e. The number of rotatable bonds is 8. The Kier molecular flexibility index (Phi) is 7.63. The van der Waals surface area contributed by atoms with E-state index in [1.807, 2.05) is 37.3 Å². The Labute approximate surface area is 251 Å². The normalized spacial score (nSPS) is 11.3. The van der Waals surface area contributed by atoms with Crippen molar-refractivity contribution in [1.29, 1.82) is 0 Å². The maximum atomic E-state index is 13.6. The molecular weight excluding hydrogens is 568 g/mol. The molecule has 6 aromatic rings. The third-order valence-corrected chi connectivity index (χ3v) is 6.98. The van der Waals surface area contributed by atoms with Crippen molar-refractivity contribution in [1.82, 2.24) is 9.66 Å². The molecule has 0 radical (unpaired) electrons. The van der Waals surface area contributed by atoms with Gasteiger partial charge in [-0.05, 0) is 78.7 Å². The molecular formula is C33H25ClN4O5. The summed E-state index contributed by atoms with van der Waals surface area (Å²) in [5.41, 5.74) is 3.05. The lowest BCUT2D eigenvalue weighted by Gasteiger charge is -2.12. The van der Waals surface area contributed by atoms with Gasteiger partial charge in [0.15, 0.2) is 23.9 Å². The van der Waals surface area contributed by atoms with E-state index in [2.05, 4.69) is 10.4 Å². The van der Waals surface area contributed by atoms with Gasteiger partial charge in [-0.2, -0.15) is 9.78 Å². The number of nitrogens with zero attached hydrogens (tertiary/aromatic N) is 3. The first-order chi connectivity index (χ1) is 20.9. The van der Waals surface area contributed by atoms with Crippen LogP contribution >= 0.6 is 11.6 Å². The standard InChI is InChI=1S/C33H25ClN4O5/c1-20-7-3-5-9-25(20)36-31(39)19-42-28-13-11-21(15-29(28)41-2)18-35-38-32(37-26-10-6-4-8-24(26)33(38)40)30-17-22-16-23(34)12-14-27(22)43-30/h3-18H,19H2,1-2H3,(H,36,39). The quantitative estimate of drug-likeness (QED) is 0.198. The van der Waals surface area contributed by atoms with Crippen LogP contribution in [0.1, 0.15) is 11.1 Å². The van der Waals surface area contributed by atoms with Crippen LogP contribution in [0.15, 0.2) is 105 Å². The van der Waals surface area contributed by atoms with E-state index in [0.29, 0.717) is 44.3 Å². The molecule has 0 aliphatic carbocycles. The van der Waals surface area contributed by atoms with E-state index in [1.54, 1.807) is 60.7 Å². The van der Waals surface area contributed by atoms with Gasteiger partial charge in [0.2, 0.25) is 5.82 Å². The van der Waals surface area contributed by atoms with Crippen LogP contribution in [0.4, 0.5) is 5.69 Å². The summed E-state index contributed by atoms with van der Waals surface area (Å²) < 4.78 is 18.5. The number of para-hydroxylation sites is 2. The molecule has 4 aromatic carbocycles. The lowest BCUT2D eigenvalue weighted by atomic mass is 10.2. The van der Waals surface area contributed by atoms with Crippen molar-refractivity contribution in [3.8, 4) is 23.1 Å². The topological polar surface area (TPSA) is 108 Å². The fraction of sp³-hybridized carbons (Fsp3) is 0.0909. The predicted molar refractivity (Wildman–Crippen MR) is 168 cm³/mol. The molecule has 0 aliphatic heterocycles. The molecule has 0 atom stereocenters. The molecule has 2 heterocycles. The molecule has 0 bridgehead atoms. The minimum atomic E-state index is -0.359. The summed E-state index contributed by atoms with van der Waals surface area (Å²) in [4.78, 5) is 30.7. The number of amides is 1. The molecule has 10 heteroatoms. The number of aromatic nitrogens is 2. The summed E-state index contributed by atoms with van der Waals surface area (Å²) in [6.45, 7) is 1.71. The van der Waals surface area contributed by atoms with Crippen LogP contribution in [0, 0.1) is 6.92 Å². The van der Waals surface area contributed by atoms with Crippen LogP contribution in [-0.2, 0) is 4.79 Å². The van der Waals surface area contributed by atoms with Gasteiger partial charge < -0.3 is 19.2 Å². The zero-order chi connectivity index (χ0) is 29.9. The van der Waals surface area contributed by atoms with E-state index >= 15 is 0 Å². The number of methoxy groups -OCH3 is 1. The van der Waals surface area contributed by atoms with Crippen LogP contribution in [0.3, 0.4) is 0 Å². The second kappa shape index (κ2) is 11.8. The van der Waals surface area contributed by atoms with Gasteiger partial charge in [0.25, 0.3) is 11.5 Å². The predicted octanol–water partition coefficient (Wildman–Crippen LogP) is 6.68. The number of hydrogen-bond donors (Lipinski definition) is 1. The molecule has 0 aliphatic rings. The van der Waals surface area contributed by atoms with Crippen LogP contribution in [0.2, 0.25) is 5.02 Å². The van der Waals surface area contributed by atoms with Crippen LogP contribution in [-0.4, -0.2) is 35.5 Å². The number of halogens is 1. The van der Waals surface area contributed by atoms with E-state index < -0.39 is 0 Å². The van der Waals surface area contributed by atoms with Gasteiger partial charge in [-0.3, -0.25) is 9.59 Å². The highest BCUT2D eigenvalue weighted by Gasteiger charge is 2.17. The molecule has 43 heavy (non-hydrogen) atoms. The Bertz CT molecular complexity index is 2080. The van der Waals surface area contributed by atoms with Crippen LogP contribution in [0.5, 0.6) is 11.5 Å². The van der Waals surface area contributed by atoms with Crippen molar-refractivity contribution in [2.24, 2.45) is 5.10 Å². The maximum absolute atomic E-state index is 13.6. The van der Waals surface area contributed by atoms with Crippen molar-refractivity contribution in [2.45, 2.75) is 6.92 Å². The minimum absolute atomic E-state index is 0.206. The number of aryl methyl sites for hydroxylation is 1. The summed E-state index contributed by atoms with van der Waals surface area (Å²) >= 11 is 6.16. The molecule has 0 unspecified atom stereocenters. The highest BCUT2D eigenvalue weighted by Crippen LogP contribution is 2.30. The average molecular weight is 593 g/mol. The summed E-state index contributed by atoms with van der Waals surface area (Å²) in [7, 11) is 1.50. The molecule has 0 fully saturated rings. The highest BCUT2D eigenvalue weighted by atomic mass is 35.5. The molecule has 6 rings (SSSR count). The molecule has 1 N–H and O–H groups in total. The summed E-state index contributed by atoms with van der Waals surface area (Å²) in [6, 6.07) is 26.7. The SMILES string of the molecule is COc1cc(C=Nn2c(-c3cc4cc(Cl)ccc4o3)nc3ccccc3c2=O)ccc1OCC(=O)Nc1ccccc1C. The number of carbonyl (C=O) groups excluding carboxylic acids is 1. The third kappa shape index (κ3) is 5.84. The first-order valence-electron chi connectivity index (χ1n) is 13.3. The lowest BCUT2D eigenvalue weighted by Crippen LogP contribution is -2.21. The number of hydrogen-bond acceptors (Lipinski definition) is 7. The Balaban J connectivity index is 1.29. The summed E-state index contributed by atoms with van der Waals surface area (Å²) in [5.74, 6) is 1.07. The second-order valence-corrected chi connectivity index (χ2v) is 10.1. The molecule has 214 valence electrons. The number of furan rings is 1. The fourth-order valence-electron chi connectivity index (χ4n) is 4.57. The molecule has 0 saturated heterocycles. The van der Waals surface area contributed by atoms with Gasteiger partial charge in [-0.25, -0.2) is 4.98 Å². The molecule has 2 aromatic heterocycles. The monoisotopic (exact) mass is 592 g/mol. The summed E-state index contributed by atoms with van der Waals surface area (Å²) in [5, 5.41) is 9.08. The van der Waals surface area contributed by atoms with E-state index in [9.17, 15) is 9.59 Å². The van der Waals surface area contributed by atoms with Crippen LogP contribution < -0.4 is 20.3 Å². The van der Waals surface area contributed by atoms with E-state index in [1.165, 1.54) is 18.0 Å². The number of benzene rings is 4. The van der Waals surface area contributed by atoms with Gasteiger partial charge in [-0.1, -0.05) is 41.9 Å². The Hall–Kier alpha value is -5.41. The lowest BCUT2D eigenvalue weighted by molar-refractivity contribution is -0.118. The highest BCUT2D eigenvalue weighted by molar-refractivity contribution is 6.31. The van der Waals surface area contributed by atoms with E-state index in [0.717, 1.165) is 16.6 Å². The van der Waals surface area contributed by atoms with Gasteiger partial charge in [0, 0.05) is 16.1 Å². The molecule has 0 spiro atoms. The number of carbonyl (C=O) groups is 1. The fourth-order valence-corrected chi connectivity index (χ4v) is 4.75. The first kappa shape index (κ1) is 27.7. The Morgan fingerprint density at radius 1 is 1.02 bits per heavy atom. The zero-order valence-corrected chi connectivity index (χ0v) is 24.0. The first-order valence-corrected chi connectivity index (χ1v) is 13.7. The second-order valence-electron chi connectivity index (χ2n) is 9.67. The van der Waals surface area contributed by atoms with Gasteiger partial charge in [0.1, 0.15) is 5.58 Å². The van der Waals surface area contributed by atoms with Crippen molar-refractivity contribution >= 4 is 51.3 Å². The number of ether oxygens (including phenoxy) is 2. The maximum Gasteiger partial charge on any atom is 0.282 e. The van der Waals surface area contributed by atoms with Crippen molar-refractivity contribution < 1.29 is 18.7 Å². The van der Waals surface area contributed by atoms with Crippen molar-refractivity contribution in [2.75, 3.05) is 19.0 Å². The average Bonchev–Trinajstić information content (AvgIpc) is 3.44. The molecule has 9 nitrogen and oxygen atoms in total. The summed E-state index contributed by atoms with van der Waals surface area (Å²) in [6.07, 6.45) is 1.51. The van der Waals surface area contributed by atoms with E-state index in [4.69, 9.17) is 30.5 Å². The van der Waals surface area contributed by atoms with Gasteiger partial charge in [0.05, 0.1) is 24.2 Å². The van der Waals surface area contributed by atoms with Crippen molar-refractivity contribution in [3.05, 3.63) is 117 Å². The Morgan fingerprint density at radius 3 is 2.67 bits per heavy atom. The molecule has 0 saturated carbocycles. The number of anilines is 1. The minimum Gasteiger partial charge on any atom is -0.493 e. The van der Waals surface area contributed by atoms with Crippen molar-refractivity contribution in [3.63, 3.8) is 0 Å². The van der Waals surface area contributed by atoms with E-state index in [-0.39, 0.29) is 23.9 Å².